The minimum atomic E-state index is -0.0701. The van der Waals surface area contributed by atoms with Crippen LogP contribution in [0.2, 0.25) is 0 Å². The van der Waals surface area contributed by atoms with Gasteiger partial charge in [0.25, 0.3) is 5.56 Å². The number of carbonyl (C=O) groups is 1. The molecule has 0 saturated carbocycles. The van der Waals surface area contributed by atoms with E-state index < -0.39 is 0 Å². The van der Waals surface area contributed by atoms with E-state index in [1.54, 1.807) is 4.57 Å². The van der Waals surface area contributed by atoms with Crippen LogP contribution < -0.4 is 10.5 Å². The standard InChI is InChI=1S/C21H28N4O2/c26-19(23-12-5-1-2-6-13-23)11-16-25-18-10-4-3-9-17(18)22-20(21(25)27)24-14-7-8-15-24/h3-4,9-10H,1-2,5-8,11-16H2. The summed E-state index contributed by atoms with van der Waals surface area (Å²) in [6.07, 6.45) is 7.15. The van der Waals surface area contributed by atoms with E-state index in [4.69, 9.17) is 0 Å². The molecule has 2 aromatic rings. The quantitative estimate of drug-likeness (QED) is 0.833. The molecule has 1 aromatic heterocycles. The Kier molecular flexibility index (Phi) is 5.41. The van der Waals surface area contributed by atoms with Gasteiger partial charge >= 0.3 is 0 Å². The Labute approximate surface area is 159 Å². The Morgan fingerprint density at radius 1 is 0.926 bits per heavy atom. The van der Waals surface area contributed by atoms with E-state index in [-0.39, 0.29) is 11.5 Å². The maximum atomic E-state index is 13.1. The van der Waals surface area contributed by atoms with Crippen LogP contribution in [0.25, 0.3) is 11.0 Å². The number of hydrogen-bond donors (Lipinski definition) is 0. The second-order valence-electron chi connectivity index (χ2n) is 7.62. The minimum Gasteiger partial charge on any atom is -0.352 e. The van der Waals surface area contributed by atoms with Crippen molar-refractivity contribution in [3.05, 3.63) is 34.6 Å². The molecule has 0 radical (unpaired) electrons. The zero-order valence-corrected chi connectivity index (χ0v) is 15.9. The Hall–Kier alpha value is -2.37. The van der Waals surface area contributed by atoms with Gasteiger partial charge in [-0.3, -0.25) is 9.59 Å². The molecule has 4 rings (SSSR count). The number of benzene rings is 1. The number of para-hydroxylation sites is 2. The number of aromatic nitrogens is 2. The molecule has 2 fully saturated rings. The Bertz CT molecular complexity index is 862. The van der Waals surface area contributed by atoms with Gasteiger partial charge < -0.3 is 14.4 Å². The summed E-state index contributed by atoms with van der Waals surface area (Å²) in [5, 5.41) is 0. The number of rotatable bonds is 4. The van der Waals surface area contributed by atoms with Crippen molar-refractivity contribution >= 4 is 22.8 Å². The smallest absolute Gasteiger partial charge is 0.294 e. The Morgan fingerprint density at radius 3 is 2.33 bits per heavy atom. The third kappa shape index (κ3) is 3.84. The number of aryl methyl sites for hydroxylation is 1. The highest BCUT2D eigenvalue weighted by Crippen LogP contribution is 2.19. The number of fused-ring (bicyclic) bond motifs is 1. The highest BCUT2D eigenvalue weighted by atomic mass is 16.2. The van der Waals surface area contributed by atoms with Gasteiger partial charge in [0.15, 0.2) is 5.82 Å². The highest BCUT2D eigenvalue weighted by molar-refractivity contribution is 5.78. The van der Waals surface area contributed by atoms with E-state index in [0.29, 0.717) is 18.8 Å². The molecule has 2 saturated heterocycles. The van der Waals surface area contributed by atoms with Crippen molar-refractivity contribution in [2.24, 2.45) is 0 Å². The molecule has 144 valence electrons. The minimum absolute atomic E-state index is 0.0701. The zero-order valence-electron chi connectivity index (χ0n) is 15.9. The summed E-state index contributed by atoms with van der Waals surface area (Å²) in [4.78, 5) is 34.5. The van der Waals surface area contributed by atoms with Crippen molar-refractivity contribution in [1.82, 2.24) is 14.5 Å². The first-order valence-corrected chi connectivity index (χ1v) is 10.3. The van der Waals surface area contributed by atoms with Crippen molar-refractivity contribution in [3.8, 4) is 0 Å². The van der Waals surface area contributed by atoms with Crippen LogP contribution in [0.5, 0.6) is 0 Å². The second-order valence-corrected chi connectivity index (χ2v) is 7.62. The Balaban J connectivity index is 1.60. The van der Waals surface area contributed by atoms with Crippen LogP contribution in [0.4, 0.5) is 5.82 Å². The fourth-order valence-electron chi connectivity index (χ4n) is 4.22. The van der Waals surface area contributed by atoms with Crippen LogP contribution >= 0.6 is 0 Å². The fraction of sp³-hybridized carbons (Fsp3) is 0.571. The SMILES string of the molecule is O=C(CCn1c(=O)c(N2CCCC2)nc2ccccc21)N1CCCCCC1. The van der Waals surface area contributed by atoms with Gasteiger partial charge in [0.1, 0.15) is 0 Å². The number of amides is 1. The lowest BCUT2D eigenvalue weighted by atomic mass is 10.2. The molecule has 2 aliphatic rings. The lowest BCUT2D eigenvalue weighted by Crippen LogP contribution is -2.35. The second kappa shape index (κ2) is 8.11. The van der Waals surface area contributed by atoms with Crippen molar-refractivity contribution < 1.29 is 4.79 Å². The van der Waals surface area contributed by atoms with Gasteiger partial charge in [-0.1, -0.05) is 25.0 Å². The molecule has 27 heavy (non-hydrogen) atoms. The van der Waals surface area contributed by atoms with Crippen molar-refractivity contribution in [3.63, 3.8) is 0 Å². The first-order chi connectivity index (χ1) is 13.2. The third-order valence-electron chi connectivity index (χ3n) is 5.75. The number of carbonyl (C=O) groups excluding carboxylic acids is 1. The summed E-state index contributed by atoms with van der Waals surface area (Å²) in [5.41, 5.74) is 1.56. The molecule has 0 bridgehead atoms. The van der Waals surface area contributed by atoms with Crippen LogP contribution in [-0.2, 0) is 11.3 Å². The van der Waals surface area contributed by atoms with E-state index in [1.807, 2.05) is 29.2 Å². The van der Waals surface area contributed by atoms with Crippen molar-refractivity contribution in [1.29, 1.82) is 0 Å². The molecule has 0 N–H and O–H groups in total. The van der Waals surface area contributed by atoms with Crippen molar-refractivity contribution in [2.75, 3.05) is 31.1 Å². The topological polar surface area (TPSA) is 58.4 Å². The molecule has 0 atom stereocenters. The van der Waals surface area contributed by atoms with E-state index in [2.05, 4.69) is 9.88 Å². The molecule has 0 spiro atoms. The number of anilines is 1. The highest BCUT2D eigenvalue weighted by Gasteiger charge is 2.21. The largest absolute Gasteiger partial charge is 0.352 e. The van der Waals surface area contributed by atoms with E-state index >= 15 is 0 Å². The van der Waals surface area contributed by atoms with Gasteiger partial charge in [0, 0.05) is 39.1 Å². The predicted molar refractivity (Wildman–Crippen MR) is 107 cm³/mol. The number of nitrogens with zero attached hydrogens (tertiary/aromatic N) is 4. The average Bonchev–Trinajstić information content (AvgIpc) is 3.08. The summed E-state index contributed by atoms with van der Waals surface area (Å²) < 4.78 is 1.76. The van der Waals surface area contributed by atoms with Gasteiger partial charge in [-0.2, -0.15) is 0 Å². The first-order valence-electron chi connectivity index (χ1n) is 10.3. The molecule has 1 amide bonds. The van der Waals surface area contributed by atoms with Gasteiger partial charge in [0.05, 0.1) is 11.0 Å². The van der Waals surface area contributed by atoms with Crippen LogP contribution in [-0.4, -0.2) is 46.5 Å². The summed E-state index contributed by atoms with van der Waals surface area (Å²) in [5.74, 6) is 0.695. The summed E-state index contributed by atoms with van der Waals surface area (Å²) in [6.45, 7) is 3.88. The molecule has 0 unspecified atom stereocenters. The van der Waals surface area contributed by atoms with E-state index in [9.17, 15) is 9.59 Å². The summed E-state index contributed by atoms with van der Waals surface area (Å²) in [6, 6.07) is 7.74. The number of likely N-dealkylation sites (tertiary alicyclic amines) is 1. The third-order valence-corrected chi connectivity index (χ3v) is 5.75. The maximum Gasteiger partial charge on any atom is 0.294 e. The molecular weight excluding hydrogens is 340 g/mol. The molecule has 3 heterocycles. The van der Waals surface area contributed by atoms with E-state index in [0.717, 1.165) is 62.9 Å². The van der Waals surface area contributed by atoms with Gasteiger partial charge in [0.2, 0.25) is 5.91 Å². The fourth-order valence-corrected chi connectivity index (χ4v) is 4.22. The van der Waals surface area contributed by atoms with Crippen LogP contribution in [0, 0.1) is 0 Å². The number of hydrogen-bond acceptors (Lipinski definition) is 4. The Morgan fingerprint density at radius 2 is 1.59 bits per heavy atom. The predicted octanol–water partition coefficient (Wildman–Crippen LogP) is 2.79. The van der Waals surface area contributed by atoms with E-state index in [1.165, 1.54) is 12.8 Å². The molecule has 0 aliphatic carbocycles. The zero-order chi connectivity index (χ0) is 18.6. The van der Waals surface area contributed by atoms with Crippen LogP contribution in [0.1, 0.15) is 44.9 Å². The van der Waals surface area contributed by atoms with Crippen LogP contribution in [0.3, 0.4) is 0 Å². The maximum absolute atomic E-state index is 13.1. The van der Waals surface area contributed by atoms with Crippen molar-refractivity contribution in [2.45, 2.75) is 51.5 Å². The first kappa shape index (κ1) is 18.0. The molecule has 6 nitrogen and oxygen atoms in total. The molecule has 1 aromatic carbocycles. The summed E-state index contributed by atoms with van der Waals surface area (Å²) in [7, 11) is 0. The molecule has 6 heteroatoms. The monoisotopic (exact) mass is 368 g/mol. The van der Waals surface area contributed by atoms with Crippen LogP contribution in [0.15, 0.2) is 29.1 Å². The molecular formula is C21H28N4O2. The van der Waals surface area contributed by atoms with Gasteiger partial charge in [-0.15, -0.1) is 0 Å². The van der Waals surface area contributed by atoms with Gasteiger partial charge in [-0.05, 0) is 37.8 Å². The molecule has 2 aliphatic heterocycles. The lowest BCUT2D eigenvalue weighted by Gasteiger charge is -2.22. The normalized spacial score (nSPS) is 18.1. The summed E-state index contributed by atoms with van der Waals surface area (Å²) >= 11 is 0. The van der Waals surface area contributed by atoms with Gasteiger partial charge in [-0.25, -0.2) is 4.98 Å². The lowest BCUT2D eigenvalue weighted by molar-refractivity contribution is -0.131. The average molecular weight is 368 g/mol.